The smallest absolute Gasteiger partial charge is 0.231 e. The van der Waals surface area contributed by atoms with Gasteiger partial charge in [0, 0.05) is 17.6 Å². The quantitative estimate of drug-likeness (QED) is 0.915. The molecule has 0 fully saturated rings. The second kappa shape index (κ2) is 6.41. The molecule has 0 radical (unpaired) electrons. The summed E-state index contributed by atoms with van der Waals surface area (Å²) in [5.41, 5.74) is 7.88. The van der Waals surface area contributed by atoms with E-state index in [1.807, 2.05) is 49.4 Å². The zero-order chi connectivity index (χ0) is 18.2. The fourth-order valence-corrected chi connectivity index (χ4v) is 3.17. The van der Waals surface area contributed by atoms with E-state index in [9.17, 15) is 4.79 Å². The van der Waals surface area contributed by atoms with Gasteiger partial charge in [0.25, 0.3) is 0 Å². The van der Waals surface area contributed by atoms with Crippen molar-refractivity contribution >= 4 is 23.5 Å². The highest BCUT2D eigenvalue weighted by Gasteiger charge is 2.36. The Kier molecular flexibility index (Phi) is 4.43. The number of hydrogen-bond acceptors (Lipinski definition) is 4. The van der Waals surface area contributed by atoms with Crippen molar-refractivity contribution in [1.29, 1.82) is 0 Å². The molecule has 3 rings (SSSR count). The van der Waals surface area contributed by atoms with E-state index in [2.05, 4.69) is 4.99 Å². The van der Waals surface area contributed by atoms with Gasteiger partial charge in [-0.3, -0.25) is 9.69 Å². The van der Waals surface area contributed by atoms with Crippen LogP contribution in [-0.2, 0) is 10.3 Å². The maximum Gasteiger partial charge on any atom is 0.231 e. The van der Waals surface area contributed by atoms with Gasteiger partial charge >= 0.3 is 0 Å². The standard InChI is InChI=1S/C19H20ClN3O2/c1-19(11-17(24)23(2)18(21)22-19)13-7-8-16(20)15(10-13)12-5-4-6-14(9-12)25-3/h4-10H,11H2,1-3H3,(H2,21,22). The monoisotopic (exact) mass is 357 g/mol. The minimum absolute atomic E-state index is 0.0621. The van der Waals surface area contributed by atoms with Crippen LogP contribution >= 0.6 is 11.6 Å². The van der Waals surface area contributed by atoms with E-state index in [-0.39, 0.29) is 18.3 Å². The van der Waals surface area contributed by atoms with E-state index in [1.165, 1.54) is 4.90 Å². The number of hydrogen-bond donors (Lipinski definition) is 1. The molecule has 0 spiro atoms. The lowest BCUT2D eigenvalue weighted by atomic mass is 9.86. The van der Waals surface area contributed by atoms with Crippen LogP contribution < -0.4 is 10.5 Å². The average Bonchev–Trinajstić information content (AvgIpc) is 2.60. The van der Waals surface area contributed by atoms with Gasteiger partial charge < -0.3 is 10.5 Å². The van der Waals surface area contributed by atoms with Crippen molar-refractivity contribution in [3.05, 3.63) is 53.1 Å². The zero-order valence-corrected chi connectivity index (χ0v) is 15.2. The molecular formula is C19H20ClN3O2. The lowest BCUT2D eigenvalue weighted by Crippen LogP contribution is -2.47. The van der Waals surface area contributed by atoms with Crippen molar-refractivity contribution in [1.82, 2.24) is 4.90 Å². The van der Waals surface area contributed by atoms with Crippen LogP contribution in [0.2, 0.25) is 5.02 Å². The molecule has 1 heterocycles. The number of benzene rings is 2. The number of aliphatic imine (C=N–C) groups is 1. The summed E-state index contributed by atoms with van der Waals surface area (Å²) in [5.74, 6) is 0.909. The summed E-state index contributed by atoms with van der Waals surface area (Å²) in [7, 11) is 3.25. The Morgan fingerprint density at radius 3 is 2.72 bits per heavy atom. The number of halogens is 1. The maximum absolute atomic E-state index is 12.2. The maximum atomic E-state index is 12.2. The summed E-state index contributed by atoms with van der Waals surface area (Å²) >= 11 is 6.41. The van der Waals surface area contributed by atoms with Gasteiger partial charge in [0.05, 0.1) is 19.1 Å². The number of amides is 1. The van der Waals surface area contributed by atoms with E-state index in [1.54, 1.807) is 14.2 Å². The fraction of sp³-hybridized carbons (Fsp3) is 0.263. The Balaban J connectivity index is 2.09. The van der Waals surface area contributed by atoms with Gasteiger partial charge in [-0.05, 0) is 42.3 Å². The molecule has 0 bridgehead atoms. The Labute approximate surface area is 152 Å². The van der Waals surface area contributed by atoms with Crippen molar-refractivity contribution < 1.29 is 9.53 Å². The Bertz CT molecular complexity index is 865. The van der Waals surface area contributed by atoms with Gasteiger partial charge in [-0.2, -0.15) is 0 Å². The second-order valence-electron chi connectivity index (χ2n) is 6.30. The van der Waals surface area contributed by atoms with E-state index in [4.69, 9.17) is 22.1 Å². The molecule has 2 aromatic rings. The van der Waals surface area contributed by atoms with Gasteiger partial charge in [0.1, 0.15) is 5.75 Å². The third kappa shape index (κ3) is 3.20. The highest BCUT2D eigenvalue weighted by molar-refractivity contribution is 6.33. The SMILES string of the molecule is COc1cccc(-c2cc(C3(C)CC(=O)N(C)C(N)=N3)ccc2Cl)c1. The van der Waals surface area contributed by atoms with Gasteiger partial charge in [0.15, 0.2) is 5.96 Å². The molecule has 0 saturated carbocycles. The van der Waals surface area contributed by atoms with Crippen molar-refractivity contribution in [3.8, 4) is 16.9 Å². The fourth-order valence-electron chi connectivity index (χ4n) is 2.95. The third-order valence-corrected chi connectivity index (χ3v) is 4.87. The van der Waals surface area contributed by atoms with Crippen LogP contribution in [0.25, 0.3) is 11.1 Å². The molecule has 1 atom stereocenters. The summed E-state index contributed by atoms with van der Waals surface area (Å²) in [6, 6.07) is 13.4. The van der Waals surface area contributed by atoms with Crippen LogP contribution in [0.15, 0.2) is 47.5 Å². The summed E-state index contributed by atoms with van der Waals surface area (Å²) in [4.78, 5) is 18.1. The number of guanidine groups is 1. The highest BCUT2D eigenvalue weighted by Crippen LogP contribution is 2.38. The van der Waals surface area contributed by atoms with E-state index in [0.717, 1.165) is 22.4 Å². The number of rotatable bonds is 3. The molecule has 1 aliphatic heterocycles. The zero-order valence-electron chi connectivity index (χ0n) is 14.4. The van der Waals surface area contributed by atoms with Gasteiger partial charge in [-0.15, -0.1) is 0 Å². The molecule has 6 heteroatoms. The number of carbonyl (C=O) groups excluding carboxylic acids is 1. The van der Waals surface area contributed by atoms with Crippen LogP contribution in [0.4, 0.5) is 0 Å². The summed E-state index contributed by atoms with van der Waals surface area (Å²) < 4.78 is 5.29. The first-order chi connectivity index (χ1) is 11.8. The van der Waals surface area contributed by atoms with Crippen LogP contribution in [0, 0.1) is 0 Å². The largest absolute Gasteiger partial charge is 0.497 e. The normalized spacial score (nSPS) is 20.4. The van der Waals surface area contributed by atoms with Crippen molar-refractivity contribution in [2.45, 2.75) is 18.9 Å². The molecule has 1 unspecified atom stereocenters. The highest BCUT2D eigenvalue weighted by atomic mass is 35.5. The summed E-state index contributed by atoms with van der Waals surface area (Å²) in [6.07, 6.45) is 0.253. The summed E-state index contributed by atoms with van der Waals surface area (Å²) in [5, 5.41) is 0.622. The first-order valence-electron chi connectivity index (χ1n) is 7.90. The minimum atomic E-state index is -0.716. The Hall–Kier alpha value is -2.53. The molecule has 5 nitrogen and oxygen atoms in total. The van der Waals surface area contributed by atoms with Crippen LogP contribution in [-0.4, -0.2) is 30.9 Å². The minimum Gasteiger partial charge on any atom is -0.497 e. The molecule has 0 saturated heterocycles. The van der Waals surface area contributed by atoms with Crippen LogP contribution in [0.1, 0.15) is 18.9 Å². The summed E-state index contributed by atoms with van der Waals surface area (Å²) in [6.45, 7) is 1.91. The molecular weight excluding hydrogens is 338 g/mol. The number of methoxy groups -OCH3 is 1. The molecule has 130 valence electrons. The van der Waals surface area contributed by atoms with E-state index < -0.39 is 5.54 Å². The first-order valence-corrected chi connectivity index (χ1v) is 8.28. The van der Waals surface area contributed by atoms with Crippen molar-refractivity contribution in [2.24, 2.45) is 10.7 Å². The number of nitrogens with two attached hydrogens (primary N) is 1. The Morgan fingerprint density at radius 2 is 2.04 bits per heavy atom. The van der Waals surface area contributed by atoms with Crippen molar-refractivity contribution in [2.75, 3.05) is 14.2 Å². The molecule has 25 heavy (non-hydrogen) atoms. The molecule has 0 aromatic heterocycles. The number of carbonyl (C=O) groups is 1. The average molecular weight is 358 g/mol. The number of ether oxygens (including phenoxy) is 1. The van der Waals surface area contributed by atoms with Gasteiger partial charge in [-0.25, -0.2) is 4.99 Å². The van der Waals surface area contributed by atoms with Crippen LogP contribution in [0.3, 0.4) is 0 Å². The van der Waals surface area contributed by atoms with Gasteiger partial charge in [-0.1, -0.05) is 29.8 Å². The third-order valence-electron chi connectivity index (χ3n) is 4.54. The molecule has 0 aliphatic carbocycles. The topological polar surface area (TPSA) is 67.9 Å². The predicted octanol–water partition coefficient (Wildman–Crippen LogP) is 3.41. The lowest BCUT2D eigenvalue weighted by molar-refractivity contribution is -0.128. The van der Waals surface area contributed by atoms with Gasteiger partial charge in [0.2, 0.25) is 5.91 Å². The van der Waals surface area contributed by atoms with Crippen LogP contribution in [0.5, 0.6) is 5.75 Å². The molecule has 2 aromatic carbocycles. The predicted molar refractivity (Wildman–Crippen MR) is 99.8 cm³/mol. The molecule has 1 aliphatic rings. The lowest BCUT2D eigenvalue weighted by Gasteiger charge is -2.34. The van der Waals surface area contributed by atoms with Crippen molar-refractivity contribution in [3.63, 3.8) is 0 Å². The van der Waals surface area contributed by atoms with E-state index >= 15 is 0 Å². The molecule has 1 amide bonds. The van der Waals surface area contributed by atoms with E-state index in [0.29, 0.717) is 5.02 Å². The first kappa shape index (κ1) is 17.3. The second-order valence-corrected chi connectivity index (χ2v) is 6.71. The Morgan fingerprint density at radius 1 is 1.28 bits per heavy atom. The molecule has 2 N–H and O–H groups in total. The number of nitrogens with zero attached hydrogens (tertiary/aromatic N) is 2.